The van der Waals surface area contributed by atoms with E-state index in [1.807, 2.05) is 18.2 Å². The summed E-state index contributed by atoms with van der Waals surface area (Å²) in [6.07, 6.45) is 2.29. The normalized spacial score (nSPS) is 11.4. The zero-order valence-electron chi connectivity index (χ0n) is 22.1. The third-order valence-electron chi connectivity index (χ3n) is 6.47. The van der Waals surface area contributed by atoms with Crippen LogP contribution in [0, 0.1) is 0 Å². The first-order chi connectivity index (χ1) is 19.2. The summed E-state index contributed by atoms with van der Waals surface area (Å²) in [5.41, 5.74) is 2.34. The summed E-state index contributed by atoms with van der Waals surface area (Å²) in [6.45, 7) is 1.43. The number of halogens is 1. The zero-order chi connectivity index (χ0) is 28.8. The number of anilines is 1. The van der Waals surface area contributed by atoms with Crippen LogP contribution in [0.2, 0.25) is 5.02 Å². The van der Waals surface area contributed by atoms with Gasteiger partial charge >= 0.3 is 0 Å². The summed E-state index contributed by atoms with van der Waals surface area (Å²) in [7, 11) is 2.97. The molecule has 0 aliphatic heterocycles. The molecule has 1 unspecified atom stereocenters. The Hall–Kier alpha value is -4.69. The molecule has 3 aromatic carbocycles. The SMILES string of the molecule is COc1ccccc1CC(C(=O)Nc1ccc(C=O)cc1)n1cc(OC)c(-c2cc(Cl)ccc2C(C)=O)cc1=O. The molecule has 0 aliphatic carbocycles. The van der Waals surface area contributed by atoms with E-state index in [0.717, 1.165) is 0 Å². The number of hydrogen-bond donors (Lipinski definition) is 1. The van der Waals surface area contributed by atoms with Crippen LogP contribution in [-0.2, 0) is 11.2 Å². The van der Waals surface area contributed by atoms with E-state index < -0.39 is 17.5 Å². The first-order valence-corrected chi connectivity index (χ1v) is 12.7. The second-order valence-corrected chi connectivity index (χ2v) is 9.44. The zero-order valence-corrected chi connectivity index (χ0v) is 22.9. The summed E-state index contributed by atoms with van der Waals surface area (Å²) in [5, 5.41) is 3.22. The fourth-order valence-electron chi connectivity index (χ4n) is 4.46. The number of carbonyl (C=O) groups excluding carboxylic acids is 3. The molecule has 9 heteroatoms. The molecule has 1 N–H and O–H groups in total. The van der Waals surface area contributed by atoms with Crippen LogP contribution in [0.5, 0.6) is 11.5 Å². The Balaban J connectivity index is 1.83. The van der Waals surface area contributed by atoms with Gasteiger partial charge in [-0.25, -0.2) is 0 Å². The van der Waals surface area contributed by atoms with E-state index in [1.54, 1.807) is 48.5 Å². The lowest BCUT2D eigenvalue weighted by molar-refractivity contribution is -0.119. The molecule has 1 amide bonds. The van der Waals surface area contributed by atoms with Crippen molar-refractivity contribution in [3.63, 3.8) is 0 Å². The number of aromatic nitrogens is 1. The second-order valence-electron chi connectivity index (χ2n) is 9.01. The van der Waals surface area contributed by atoms with E-state index in [4.69, 9.17) is 21.1 Å². The topological polar surface area (TPSA) is 104 Å². The maximum atomic E-state index is 13.7. The van der Waals surface area contributed by atoms with Gasteiger partial charge in [-0.05, 0) is 66.6 Å². The Kier molecular flexibility index (Phi) is 8.81. The molecule has 0 saturated carbocycles. The number of methoxy groups -OCH3 is 2. The minimum Gasteiger partial charge on any atom is -0.496 e. The fraction of sp³-hybridized carbons (Fsp3) is 0.161. The van der Waals surface area contributed by atoms with Gasteiger partial charge in [0.25, 0.3) is 5.56 Å². The highest BCUT2D eigenvalue weighted by Crippen LogP contribution is 2.34. The lowest BCUT2D eigenvalue weighted by atomic mass is 9.97. The predicted molar refractivity (Wildman–Crippen MR) is 154 cm³/mol. The van der Waals surface area contributed by atoms with Crippen LogP contribution >= 0.6 is 11.6 Å². The van der Waals surface area contributed by atoms with Crippen molar-refractivity contribution in [3.05, 3.63) is 111 Å². The predicted octanol–water partition coefficient (Wildman–Crippen LogP) is 5.62. The van der Waals surface area contributed by atoms with Crippen LogP contribution in [0.4, 0.5) is 5.69 Å². The van der Waals surface area contributed by atoms with E-state index in [9.17, 15) is 19.2 Å². The maximum absolute atomic E-state index is 13.7. The number of rotatable bonds is 10. The number of hydrogen-bond acceptors (Lipinski definition) is 6. The number of aldehydes is 1. The lowest BCUT2D eigenvalue weighted by Gasteiger charge is -2.22. The van der Waals surface area contributed by atoms with Gasteiger partial charge in [-0.15, -0.1) is 0 Å². The molecule has 204 valence electrons. The smallest absolute Gasteiger partial charge is 0.252 e. The lowest BCUT2D eigenvalue weighted by Crippen LogP contribution is -2.34. The van der Waals surface area contributed by atoms with Gasteiger partial charge in [-0.1, -0.05) is 29.8 Å². The van der Waals surface area contributed by atoms with E-state index >= 15 is 0 Å². The summed E-state index contributed by atoms with van der Waals surface area (Å²) >= 11 is 6.23. The molecular weight excluding hydrogens is 532 g/mol. The van der Waals surface area contributed by atoms with E-state index in [-0.39, 0.29) is 18.0 Å². The van der Waals surface area contributed by atoms with E-state index in [1.165, 1.54) is 38.0 Å². The van der Waals surface area contributed by atoms with E-state index in [2.05, 4.69) is 5.32 Å². The molecule has 4 rings (SSSR count). The third kappa shape index (κ3) is 6.13. The molecule has 1 heterocycles. The molecule has 0 fully saturated rings. The van der Waals surface area contributed by atoms with Gasteiger partial charge in [0.2, 0.25) is 5.91 Å². The van der Waals surface area contributed by atoms with Gasteiger partial charge in [-0.2, -0.15) is 0 Å². The number of carbonyl (C=O) groups is 3. The number of ether oxygens (including phenoxy) is 2. The highest BCUT2D eigenvalue weighted by atomic mass is 35.5. The fourth-order valence-corrected chi connectivity index (χ4v) is 4.63. The summed E-state index contributed by atoms with van der Waals surface area (Å²) in [5.74, 6) is 0.176. The number of nitrogens with one attached hydrogen (secondary N) is 1. The van der Waals surface area contributed by atoms with Crippen molar-refractivity contribution in [2.45, 2.75) is 19.4 Å². The van der Waals surface area contributed by atoms with Crippen molar-refractivity contribution in [1.29, 1.82) is 0 Å². The van der Waals surface area contributed by atoms with Crippen molar-refractivity contribution >= 4 is 35.3 Å². The maximum Gasteiger partial charge on any atom is 0.252 e. The number of amides is 1. The molecule has 0 spiro atoms. The Bertz CT molecular complexity index is 1630. The molecule has 1 aromatic heterocycles. The number of para-hydroxylation sites is 1. The first kappa shape index (κ1) is 28.3. The van der Waals surface area contributed by atoms with Crippen molar-refractivity contribution in [3.8, 4) is 22.6 Å². The Labute approximate surface area is 236 Å². The summed E-state index contributed by atoms with van der Waals surface area (Å²) in [4.78, 5) is 50.6. The van der Waals surface area contributed by atoms with Crippen LogP contribution in [0.1, 0.15) is 39.2 Å². The molecule has 1 atom stereocenters. The van der Waals surface area contributed by atoms with Crippen molar-refractivity contribution < 1.29 is 23.9 Å². The second kappa shape index (κ2) is 12.4. The van der Waals surface area contributed by atoms with Gasteiger partial charge in [0.1, 0.15) is 23.8 Å². The van der Waals surface area contributed by atoms with Gasteiger partial charge in [0.05, 0.1) is 20.4 Å². The van der Waals surface area contributed by atoms with Crippen LogP contribution < -0.4 is 20.3 Å². The minimum atomic E-state index is -1.01. The van der Waals surface area contributed by atoms with Crippen LogP contribution in [0.25, 0.3) is 11.1 Å². The molecule has 40 heavy (non-hydrogen) atoms. The molecule has 8 nitrogen and oxygen atoms in total. The molecule has 4 aromatic rings. The Morgan fingerprint density at radius 1 is 0.950 bits per heavy atom. The van der Waals surface area contributed by atoms with Crippen LogP contribution in [-0.4, -0.2) is 36.8 Å². The van der Waals surface area contributed by atoms with Crippen molar-refractivity contribution in [2.75, 3.05) is 19.5 Å². The largest absolute Gasteiger partial charge is 0.496 e. The standard InChI is InChI=1S/C31H27ClN2O6/c1-19(36)24-13-10-22(32)15-25(24)26-16-30(37)34(17-29(26)40-3)27(14-21-6-4-5-7-28(21)39-2)31(38)33-23-11-8-20(18-35)9-12-23/h4-13,15-18,27H,14H2,1-3H3,(H,33,38). The van der Waals surface area contributed by atoms with Gasteiger partial charge in [0, 0.05) is 39.9 Å². The van der Waals surface area contributed by atoms with Gasteiger partial charge < -0.3 is 14.8 Å². The average Bonchev–Trinajstić information content (AvgIpc) is 2.96. The molecule has 0 aliphatic rings. The minimum absolute atomic E-state index is 0.126. The number of ketones is 1. The van der Waals surface area contributed by atoms with E-state index in [0.29, 0.717) is 50.6 Å². The Morgan fingerprint density at radius 3 is 2.30 bits per heavy atom. The highest BCUT2D eigenvalue weighted by molar-refractivity contribution is 6.31. The molecule has 0 saturated heterocycles. The third-order valence-corrected chi connectivity index (χ3v) is 6.71. The average molecular weight is 559 g/mol. The molecule has 0 bridgehead atoms. The number of benzene rings is 3. The number of Topliss-reactive ketones (excluding diaryl/α,β-unsaturated/α-hetero) is 1. The van der Waals surface area contributed by atoms with Gasteiger partial charge in [0.15, 0.2) is 5.78 Å². The monoisotopic (exact) mass is 558 g/mol. The molecular formula is C31H27ClN2O6. The number of nitrogens with zero attached hydrogens (tertiary/aromatic N) is 1. The summed E-state index contributed by atoms with van der Waals surface area (Å²) < 4.78 is 12.4. The summed E-state index contributed by atoms with van der Waals surface area (Å²) in [6, 6.07) is 18.7. The molecule has 0 radical (unpaired) electrons. The Morgan fingerprint density at radius 2 is 1.65 bits per heavy atom. The highest BCUT2D eigenvalue weighted by Gasteiger charge is 2.26. The van der Waals surface area contributed by atoms with Crippen molar-refractivity contribution in [1.82, 2.24) is 4.57 Å². The van der Waals surface area contributed by atoms with Crippen LogP contribution in [0.15, 0.2) is 83.8 Å². The quantitative estimate of drug-likeness (QED) is 0.200. The number of pyridine rings is 1. The first-order valence-electron chi connectivity index (χ1n) is 12.3. The van der Waals surface area contributed by atoms with Crippen molar-refractivity contribution in [2.24, 2.45) is 0 Å². The van der Waals surface area contributed by atoms with Crippen LogP contribution in [0.3, 0.4) is 0 Å². The van der Waals surface area contributed by atoms with Gasteiger partial charge in [-0.3, -0.25) is 23.7 Å².